The lowest BCUT2D eigenvalue weighted by molar-refractivity contribution is -0.127. The molecule has 1 heterocycles. The van der Waals surface area contributed by atoms with Crippen molar-refractivity contribution < 1.29 is 9.59 Å². The molecule has 30 heavy (non-hydrogen) atoms. The van der Waals surface area contributed by atoms with Gasteiger partial charge in [-0.25, -0.2) is 0 Å². The van der Waals surface area contributed by atoms with Gasteiger partial charge in [0, 0.05) is 18.0 Å². The minimum atomic E-state index is -0.561. The maximum absolute atomic E-state index is 12.9. The Balaban J connectivity index is 1.62. The van der Waals surface area contributed by atoms with Crippen molar-refractivity contribution in [2.45, 2.75) is 64.0 Å². The van der Waals surface area contributed by atoms with Crippen LogP contribution < -0.4 is 10.6 Å². The number of carbonyl (C=O) groups is 2. The summed E-state index contributed by atoms with van der Waals surface area (Å²) in [5, 5.41) is 19.4. The summed E-state index contributed by atoms with van der Waals surface area (Å²) in [4.78, 5) is 25.7. The minimum Gasteiger partial charge on any atom is -0.349 e. The van der Waals surface area contributed by atoms with Crippen LogP contribution in [0.1, 0.15) is 66.9 Å². The first kappa shape index (κ1) is 22.0. The molecule has 6 heteroatoms. The average Bonchev–Trinajstić information content (AvgIpc) is 3.26. The van der Waals surface area contributed by atoms with Gasteiger partial charge in [-0.15, -0.1) is 0 Å². The van der Waals surface area contributed by atoms with E-state index in [1.807, 2.05) is 41.1 Å². The fourth-order valence-corrected chi connectivity index (χ4v) is 4.62. The standard InChI is InChI=1S/C24H29N3O2S/c1-16(2)18-7-9-19(10-8-18)23(28)27-22-6-4-3-5-21(22)24(29)26-20(14-25)13-17-11-12-30-15-17/h7-12,15-16,20-22H,3-6,13H2,1-2H3,(H,26,29)(H,27,28)/t20-,21+,22-/m0/s1. The number of amides is 2. The molecular formula is C24H29N3O2S. The third kappa shape index (κ3) is 5.70. The van der Waals surface area contributed by atoms with Crippen molar-refractivity contribution in [3.8, 4) is 6.07 Å². The molecule has 0 unspecified atom stereocenters. The van der Waals surface area contributed by atoms with Gasteiger partial charge < -0.3 is 10.6 Å². The number of benzene rings is 1. The summed E-state index contributed by atoms with van der Waals surface area (Å²) in [7, 11) is 0. The van der Waals surface area contributed by atoms with Crippen LogP contribution in [-0.4, -0.2) is 23.9 Å². The van der Waals surface area contributed by atoms with Crippen LogP contribution in [0.4, 0.5) is 0 Å². The van der Waals surface area contributed by atoms with Crippen molar-refractivity contribution >= 4 is 23.2 Å². The van der Waals surface area contributed by atoms with E-state index in [0.29, 0.717) is 17.9 Å². The molecule has 1 aromatic carbocycles. The summed E-state index contributed by atoms with van der Waals surface area (Å²) >= 11 is 1.58. The average molecular weight is 424 g/mol. The summed E-state index contributed by atoms with van der Waals surface area (Å²) in [5.41, 5.74) is 2.84. The third-order valence-corrected chi connectivity index (χ3v) is 6.48. The second kappa shape index (κ2) is 10.4. The first-order valence-corrected chi connectivity index (χ1v) is 11.5. The van der Waals surface area contributed by atoms with E-state index in [1.165, 1.54) is 5.56 Å². The molecule has 0 spiro atoms. The van der Waals surface area contributed by atoms with Crippen LogP contribution in [-0.2, 0) is 11.2 Å². The van der Waals surface area contributed by atoms with E-state index >= 15 is 0 Å². The van der Waals surface area contributed by atoms with Crippen LogP contribution in [0.3, 0.4) is 0 Å². The summed E-state index contributed by atoms with van der Waals surface area (Å²) in [5.74, 6) is -0.186. The predicted molar refractivity (Wildman–Crippen MR) is 119 cm³/mol. The maximum Gasteiger partial charge on any atom is 0.251 e. The van der Waals surface area contributed by atoms with Gasteiger partial charge in [0.15, 0.2) is 0 Å². The van der Waals surface area contributed by atoms with Crippen LogP contribution in [0.2, 0.25) is 0 Å². The highest BCUT2D eigenvalue weighted by Crippen LogP contribution is 2.25. The Morgan fingerprint density at radius 1 is 1.17 bits per heavy atom. The Bertz CT molecular complexity index is 884. The van der Waals surface area contributed by atoms with Crippen LogP contribution in [0.25, 0.3) is 0 Å². The molecule has 1 saturated carbocycles. The number of thiophene rings is 1. The number of hydrogen-bond acceptors (Lipinski definition) is 4. The summed E-state index contributed by atoms with van der Waals surface area (Å²) < 4.78 is 0. The lowest BCUT2D eigenvalue weighted by Crippen LogP contribution is -2.50. The molecular weight excluding hydrogens is 394 g/mol. The van der Waals surface area contributed by atoms with Crippen LogP contribution in [0.5, 0.6) is 0 Å². The molecule has 0 radical (unpaired) electrons. The Morgan fingerprint density at radius 3 is 2.53 bits per heavy atom. The van der Waals surface area contributed by atoms with Crippen molar-refractivity contribution in [3.05, 3.63) is 57.8 Å². The molecule has 0 aliphatic heterocycles. The Kier molecular flexibility index (Phi) is 7.64. The molecule has 2 aromatic rings. The van der Waals surface area contributed by atoms with Gasteiger partial charge >= 0.3 is 0 Å². The fourth-order valence-electron chi connectivity index (χ4n) is 3.94. The molecule has 2 amide bonds. The van der Waals surface area contributed by atoms with E-state index in [4.69, 9.17) is 0 Å². The van der Waals surface area contributed by atoms with Gasteiger partial charge in [0.2, 0.25) is 5.91 Å². The van der Waals surface area contributed by atoms with E-state index < -0.39 is 6.04 Å². The van der Waals surface area contributed by atoms with Crippen molar-refractivity contribution in [3.63, 3.8) is 0 Å². The Morgan fingerprint density at radius 2 is 1.90 bits per heavy atom. The molecule has 1 aliphatic carbocycles. The van der Waals surface area contributed by atoms with Crippen molar-refractivity contribution in [1.82, 2.24) is 10.6 Å². The number of nitrogens with one attached hydrogen (secondary N) is 2. The van der Waals surface area contributed by atoms with Crippen LogP contribution in [0.15, 0.2) is 41.1 Å². The molecule has 0 bridgehead atoms. The zero-order valence-electron chi connectivity index (χ0n) is 17.6. The highest BCUT2D eigenvalue weighted by atomic mass is 32.1. The zero-order valence-corrected chi connectivity index (χ0v) is 18.4. The van der Waals surface area contributed by atoms with Gasteiger partial charge in [0.1, 0.15) is 6.04 Å². The first-order valence-electron chi connectivity index (χ1n) is 10.6. The van der Waals surface area contributed by atoms with Crippen LogP contribution >= 0.6 is 11.3 Å². The van der Waals surface area contributed by atoms with Crippen molar-refractivity contribution in [2.75, 3.05) is 0 Å². The zero-order chi connectivity index (χ0) is 21.5. The predicted octanol–water partition coefficient (Wildman–Crippen LogP) is 4.41. The molecule has 0 saturated heterocycles. The second-order valence-corrected chi connectivity index (χ2v) is 9.05. The highest BCUT2D eigenvalue weighted by Gasteiger charge is 2.33. The minimum absolute atomic E-state index is 0.142. The molecule has 3 rings (SSSR count). The van der Waals surface area contributed by atoms with E-state index in [9.17, 15) is 14.9 Å². The number of rotatable bonds is 7. The van der Waals surface area contributed by atoms with Gasteiger partial charge in [0.25, 0.3) is 5.91 Å². The van der Waals surface area contributed by atoms with Crippen LogP contribution in [0, 0.1) is 17.2 Å². The van der Waals surface area contributed by atoms with E-state index in [0.717, 1.165) is 31.2 Å². The smallest absolute Gasteiger partial charge is 0.251 e. The van der Waals surface area contributed by atoms with Gasteiger partial charge in [-0.2, -0.15) is 16.6 Å². The number of hydrogen-bond donors (Lipinski definition) is 2. The Labute approximate surface area is 182 Å². The first-order chi connectivity index (χ1) is 14.5. The van der Waals surface area contributed by atoms with E-state index in [-0.39, 0.29) is 23.8 Å². The van der Waals surface area contributed by atoms with E-state index in [1.54, 1.807) is 11.3 Å². The highest BCUT2D eigenvalue weighted by molar-refractivity contribution is 7.07. The lowest BCUT2D eigenvalue weighted by atomic mass is 9.83. The summed E-state index contributed by atoms with van der Waals surface area (Å²) in [6, 6.07) is 11.0. The largest absolute Gasteiger partial charge is 0.349 e. The SMILES string of the molecule is CC(C)c1ccc(C(=O)N[C@H]2CCCC[C@H]2C(=O)N[C@H](C#N)Cc2ccsc2)cc1. The van der Waals surface area contributed by atoms with Gasteiger partial charge in [-0.3, -0.25) is 9.59 Å². The molecule has 5 nitrogen and oxygen atoms in total. The number of carbonyl (C=O) groups excluding carboxylic acids is 2. The summed E-state index contributed by atoms with van der Waals surface area (Å²) in [6.07, 6.45) is 3.93. The molecule has 1 aliphatic rings. The maximum atomic E-state index is 12.9. The molecule has 3 atom stereocenters. The fraction of sp³-hybridized carbons (Fsp3) is 0.458. The van der Waals surface area contributed by atoms with Gasteiger partial charge in [-0.05, 0) is 58.8 Å². The monoisotopic (exact) mass is 423 g/mol. The molecule has 2 N–H and O–H groups in total. The lowest BCUT2D eigenvalue weighted by Gasteiger charge is -2.31. The quantitative estimate of drug-likeness (QED) is 0.692. The third-order valence-electron chi connectivity index (χ3n) is 5.75. The van der Waals surface area contributed by atoms with Gasteiger partial charge in [-0.1, -0.05) is 38.8 Å². The molecule has 1 fully saturated rings. The van der Waals surface area contributed by atoms with Gasteiger partial charge in [0.05, 0.1) is 12.0 Å². The van der Waals surface area contributed by atoms with Crippen molar-refractivity contribution in [1.29, 1.82) is 5.26 Å². The molecule has 158 valence electrons. The topological polar surface area (TPSA) is 82.0 Å². The summed E-state index contributed by atoms with van der Waals surface area (Å²) in [6.45, 7) is 4.24. The molecule has 1 aromatic heterocycles. The number of nitriles is 1. The Hall–Kier alpha value is -2.65. The van der Waals surface area contributed by atoms with E-state index in [2.05, 4.69) is 30.6 Å². The van der Waals surface area contributed by atoms with Crippen molar-refractivity contribution in [2.24, 2.45) is 5.92 Å². The second-order valence-electron chi connectivity index (χ2n) is 8.27. The number of nitrogens with zero attached hydrogens (tertiary/aromatic N) is 1. The normalized spacial score (nSPS) is 19.7.